The Balaban J connectivity index is 0.000000587. The molecule has 224 valence electrons. The quantitative estimate of drug-likeness (QED) is 0.312. The van der Waals surface area contributed by atoms with Gasteiger partial charge in [0.15, 0.2) is 5.03 Å². The van der Waals surface area contributed by atoms with Gasteiger partial charge in [0, 0.05) is 25.7 Å². The highest BCUT2D eigenvalue weighted by Gasteiger charge is 2.38. The van der Waals surface area contributed by atoms with E-state index in [2.05, 4.69) is 53.9 Å². The summed E-state index contributed by atoms with van der Waals surface area (Å²) in [6, 6.07) is 16.7. The number of ether oxygens (including phenoxy) is 1. The number of hydrogen-bond donors (Lipinski definition) is 2. The highest BCUT2D eigenvalue weighted by atomic mass is 32.2. The minimum absolute atomic E-state index is 0.0310. The molecule has 0 amide bonds. The number of fused-ring (bicyclic) bond motifs is 1. The molecule has 0 bridgehead atoms. The van der Waals surface area contributed by atoms with Gasteiger partial charge in [0.2, 0.25) is 0 Å². The average Bonchev–Trinajstić information content (AvgIpc) is 3.36. The third-order valence-electron chi connectivity index (χ3n) is 6.82. The summed E-state index contributed by atoms with van der Waals surface area (Å²) in [5.74, 6) is -0.370. The first-order valence-electron chi connectivity index (χ1n) is 13.3. The summed E-state index contributed by atoms with van der Waals surface area (Å²) in [4.78, 5) is 12.9. The number of hydrogen-bond acceptors (Lipinski definition) is 5. The molecule has 0 spiro atoms. The smallest absolute Gasteiger partial charge is 0.490 e. The van der Waals surface area contributed by atoms with Crippen molar-refractivity contribution in [2.45, 2.75) is 63.2 Å². The summed E-state index contributed by atoms with van der Waals surface area (Å²) in [5.41, 5.74) is 3.41. The minimum Gasteiger partial charge on any atom is -0.493 e. The molecular weight excluding hydrogens is 559 g/mol. The number of nitrogens with zero attached hydrogens (tertiary/aromatic N) is 2. The fraction of sp³-hybridized carbons (Fsp3) is 0.448. The fourth-order valence-corrected chi connectivity index (χ4v) is 5.69. The molecule has 4 rings (SSSR count). The third kappa shape index (κ3) is 9.60. The van der Waals surface area contributed by atoms with Gasteiger partial charge in [-0.2, -0.15) is 13.2 Å². The van der Waals surface area contributed by atoms with Crippen molar-refractivity contribution in [3.8, 4) is 5.75 Å². The Labute approximate surface area is 238 Å². The van der Waals surface area contributed by atoms with Crippen LogP contribution in [0.5, 0.6) is 5.75 Å². The highest BCUT2D eigenvalue weighted by Crippen LogP contribution is 2.42. The van der Waals surface area contributed by atoms with Crippen LogP contribution >= 0.6 is 0 Å². The molecule has 0 aliphatic carbocycles. The molecule has 0 saturated heterocycles. The highest BCUT2D eigenvalue weighted by molar-refractivity contribution is 7.89. The zero-order valence-corrected chi connectivity index (χ0v) is 24.1. The second-order valence-electron chi connectivity index (χ2n) is 10.6. The number of carboxylic acids is 1. The lowest BCUT2D eigenvalue weighted by atomic mass is 9.77. The minimum atomic E-state index is -5.08. The van der Waals surface area contributed by atoms with E-state index in [1.165, 1.54) is 36.5 Å². The van der Waals surface area contributed by atoms with Gasteiger partial charge < -0.3 is 14.4 Å². The van der Waals surface area contributed by atoms with E-state index in [1.54, 1.807) is 11.6 Å². The standard InChI is InChI=1S/C27H35N3O3S.C2HF3O2/c1-20(2)8-7-11-23-18-33-26-13-12-22(16-29-34(31,32)27-17-30(3)19-28-27)15-25(26)24(23)14-21-9-5-4-6-10-21;3-2(4,5)1(6)7/h4-6,9-10,12-13,15,17,19-20,23-24,29H,7-8,11,14,16,18H2,1-3H3;(H,6,7). The van der Waals surface area contributed by atoms with Crippen LogP contribution in [0.1, 0.15) is 55.7 Å². The Morgan fingerprint density at radius 1 is 1.17 bits per heavy atom. The van der Waals surface area contributed by atoms with Gasteiger partial charge in [-0.25, -0.2) is 22.9 Å². The first kappa shape index (κ1) is 32.1. The molecule has 12 heteroatoms. The number of carboxylic acid groups (broad SMARTS) is 1. The van der Waals surface area contributed by atoms with E-state index < -0.39 is 22.2 Å². The zero-order chi connectivity index (χ0) is 30.2. The Bertz CT molecular complexity index is 1390. The van der Waals surface area contributed by atoms with Crippen LogP contribution in [-0.2, 0) is 34.8 Å². The second kappa shape index (κ2) is 14.0. The number of aliphatic carboxylic acids is 1. The largest absolute Gasteiger partial charge is 0.493 e. The molecule has 41 heavy (non-hydrogen) atoms. The van der Waals surface area contributed by atoms with Gasteiger partial charge in [0.25, 0.3) is 10.0 Å². The lowest BCUT2D eigenvalue weighted by Gasteiger charge is -2.34. The molecule has 0 radical (unpaired) electrons. The number of aromatic nitrogens is 2. The van der Waals surface area contributed by atoms with Crippen LogP contribution in [0.4, 0.5) is 13.2 Å². The van der Waals surface area contributed by atoms with Crippen LogP contribution in [0.3, 0.4) is 0 Å². The van der Waals surface area contributed by atoms with Crippen LogP contribution in [0, 0.1) is 11.8 Å². The summed E-state index contributed by atoms with van der Waals surface area (Å²) in [6.45, 7) is 5.48. The number of carbonyl (C=O) groups is 1. The molecule has 0 fully saturated rings. The SMILES string of the molecule is CC(C)CCCC1COc2ccc(CNS(=O)(=O)c3cn(C)cn3)cc2C1Cc1ccccc1.O=C(O)C(F)(F)F. The van der Waals surface area contributed by atoms with Crippen molar-refractivity contribution in [1.29, 1.82) is 0 Å². The van der Waals surface area contributed by atoms with Crippen molar-refractivity contribution in [2.75, 3.05) is 6.61 Å². The molecule has 2 heterocycles. The number of halogens is 3. The maximum atomic E-state index is 12.6. The summed E-state index contributed by atoms with van der Waals surface area (Å²) < 4.78 is 67.5. The van der Waals surface area contributed by atoms with E-state index in [0.717, 1.165) is 30.8 Å². The van der Waals surface area contributed by atoms with Gasteiger partial charge in [-0.05, 0) is 47.4 Å². The normalized spacial score (nSPS) is 16.9. The molecule has 8 nitrogen and oxygen atoms in total. The maximum absolute atomic E-state index is 12.6. The zero-order valence-electron chi connectivity index (χ0n) is 23.3. The number of sulfonamides is 1. The van der Waals surface area contributed by atoms with E-state index >= 15 is 0 Å². The third-order valence-corrected chi connectivity index (χ3v) is 8.10. The number of alkyl halides is 3. The number of benzene rings is 2. The molecule has 2 aromatic carbocycles. The summed E-state index contributed by atoms with van der Waals surface area (Å²) in [5, 5.41) is 7.16. The molecule has 3 aromatic rings. The van der Waals surface area contributed by atoms with Crippen molar-refractivity contribution in [3.63, 3.8) is 0 Å². The van der Waals surface area contributed by atoms with Gasteiger partial charge in [-0.3, -0.25) is 0 Å². The maximum Gasteiger partial charge on any atom is 0.490 e. The molecule has 2 atom stereocenters. The van der Waals surface area contributed by atoms with Gasteiger partial charge >= 0.3 is 12.1 Å². The molecule has 2 N–H and O–H groups in total. The van der Waals surface area contributed by atoms with Crippen molar-refractivity contribution < 1.29 is 36.2 Å². The van der Waals surface area contributed by atoms with Crippen LogP contribution < -0.4 is 9.46 Å². The van der Waals surface area contributed by atoms with E-state index in [1.807, 2.05) is 18.2 Å². The molecule has 1 aliphatic heterocycles. The Morgan fingerprint density at radius 3 is 2.44 bits per heavy atom. The monoisotopic (exact) mass is 595 g/mol. The number of aryl methyl sites for hydroxylation is 1. The summed E-state index contributed by atoms with van der Waals surface area (Å²) >= 11 is 0. The average molecular weight is 596 g/mol. The fourth-order valence-electron chi connectivity index (χ4n) is 4.69. The van der Waals surface area contributed by atoms with Crippen molar-refractivity contribution >= 4 is 16.0 Å². The van der Waals surface area contributed by atoms with Gasteiger partial charge in [-0.1, -0.05) is 69.2 Å². The van der Waals surface area contributed by atoms with Crippen LogP contribution in [0.15, 0.2) is 66.1 Å². The lowest BCUT2D eigenvalue weighted by Crippen LogP contribution is -2.28. The van der Waals surface area contributed by atoms with E-state index in [4.69, 9.17) is 14.6 Å². The van der Waals surface area contributed by atoms with Crippen molar-refractivity contribution in [3.05, 3.63) is 77.7 Å². The van der Waals surface area contributed by atoms with E-state index in [0.29, 0.717) is 17.8 Å². The number of nitrogens with one attached hydrogen (secondary N) is 1. The van der Waals surface area contributed by atoms with E-state index in [-0.39, 0.29) is 11.6 Å². The van der Waals surface area contributed by atoms with Gasteiger partial charge in [0.05, 0.1) is 12.9 Å². The molecule has 1 aliphatic rings. The summed E-state index contributed by atoms with van der Waals surface area (Å²) in [6.07, 6.45) is 2.39. The Kier molecular flexibility index (Phi) is 11.0. The lowest BCUT2D eigenvalue weighted by molar-refractivity contribution is -0.192. The Hall–Kier alpha value is -3.38. The molecule has 0 saturated carbocycles. The van der Waals surface area contributed by atoms with Crippen LogP contribution in [-0.4, -0.2) is 41.8 Å². The second-order valence-corrected chi connectivity index (χ2v) is 12.3. The van der Waals surface area contributed by atoms with Crippen LogP contribution in [0.2, 0.25) is 0 Å². The van der Waals surface area contributed by atoms with Gasteiger partial charge in [0.1, 0.15) is 5.75 Å². The Morgan fingerprint density at radius 2 is 1.85 bits per heavy atom. The van der Waals surface area contributed by atoms with Gasteiger partial charge in [-0.15, -0.1) is 0 Å². The molecule has 1 aromatic heterocycles. The predicted octanol–water partition coefficient (Wildman–Crippen LogP) is 5.69. The van der Waals surface area contributed by atoms with Crippen LogP contribution in [0.25, 0.3) is 0 Å². The number of imidazole rings is 1. The van der Waals surface area contributed by atoms with E-state index in [9.17, 15) is 21.6 Å². The molecule has 2 unspecified atom stereocenters. The summed E-state index contributed by atoms with van der Waals surface area (Å²) in [7, 11) is -1.92. The van der Waals surface area contributed by atoms with Crippen molar-refractivity contribution in [2.24, 2.45) is 18.9 Å². The van der Waals surface area contributed by atoms with Crippen molar-refractivity contribution in [1.82, 2.24) is 14.3 Å². The topological polar surface area (TPSA) is 111 Å². The predicted molar refractivity (Wildman–Crippen MR) is 148 cm³/mol. The first-order valence-corrected chi connectivity index (χ1v) is 14.8. The first-order chi connectivity index (χ1) is 19.3. The number of rotatable bonds is 10. The molecular formula is C29H36F3N3O5S.